The SMILES string of the molecule is CCNC(Cc1ccc(F)c(Cl)c1)CC1CC1. The van der Waals surface area contributed by atoms with Crippen LogP contribution in [0.15, 0.2) is 18.2 Å². The van der Waals surface area contributed by atoms with Gasteiger partial charge in [0.1, 0.15) is 5.82 Å². The lowest BCUT2D eigenvalue weighted by molar-refractivity contribution is 0.466. The molecule has 2 rings (SSSR count). The summed E-state index contributed by atoms with van der Waals surface area (Å²) in [5.74, 6) is 0.563. The van der Waals surface area contributed by atoms with Gasteiger partial charge in [0, 0.05) is 6.04 Å². The third-order valence-corrected chi connectivity index (χ3v) is 3.56. The van der Waals surface area contributed by atoms with Gasteiger partial charge in [-0.05, 0) is 43.0 Å². The van der Waals surface area contributed by atoms with Crippen molar-refractivity contribution in [2.45, 2.75) is 38.6 Å². The van der Waals surface area contributed by atoms with Crippen molar-refractivity contribution in [3.05, 3.63) is 34.6 Å². The van der Waals surface area contributed by atoms with Gasteiger partial charge in [0.25, 0.3) is 0 Å². The summed E-state index contributed by atoms with van der Waals surface area (Å²) in [6.45, 7) is 3.10. The summed E-state index contributed by atoms with van der Waals surface area (Å²) in [7, 11) is 0. The van der Waals surface area contributed by atoms with E-state index in [1.54, 1.807) is 6.07 Å². The highest BCUT2D eigenvalue weighted by molar-refractivity contribution is 6.30. The Balaban J connectivity index is 1.97. The smallest absolute Gasteiger partial charge is 0.141 e. The maximum atomic E-state index is 13.1. The number of likely N-dealkylation sites (N-methyl/N-ethyl adjacent to an activating group) is 1. The zero-order valence-corrected chi connectivity index (χ0v) is 10.9. The van der Waals surface area contributed by atoms with Gasteiger partial charge in [-0.15, -0.1) is 0 Å². The maximum absolute atomic E-state index is 13.1. The van der Waals surface area contributed by atoms with Crippen molar-refractivity contribution in [1.82, 2.24) is 5.32 Å². The second-order valence-electron chi connectivity index (χ2n) is 4.89. The lowest BCUT2D eigenvalue weighted by Gasteiger charge is -2.17. The van der Waals surface area contributed by atoms with E-state index in [9.17, 15) is 4.39 Å². The molecule has 1 N–H and O–H groups in total. The van der Waals surface area contributed by atoms with Gasteiger partial charge in [-0.1, -0.05) is 37.4 Å². The van der Waals surface area contributed by atoms with Gasteiger partial charge >= 0.3 is 0 Å². The molecule has 1 fully saturated rings. The van der Waals surface area contributed by atoms with Crippen LogP contribution in [0.5, 0.6) is 0 Å². The molecule has 1 nitrogen and oxygen atoms in total. The first kappa shape index (κ1) is 12.8. The predicted octanol–water partition coefficient (Wildman–Crippen LogP) is 3.80. The molecule has 1 aliphatic rings. The minimum absolute atomic E-state index is 0.226. The van der Waals surface area contributed by atoms with E-state index < -0.39 is 0 Å². The molecule has 0 amide bonds. The molecule has 0 aromatic heterocycles. The van der Waals surface area contributed by atoms with Crippen LogP contribution in [0.4, 0.5) is 4.39 Å². The molecule has 1 atom stereocenters. The van der Waals surface area contributed by atoms with Gasteiger partial charge in [-0.3, -0.25) is 0 Å². The van der Waals surface area contributed by atoms with Gasteiger partial charge in [-0.25, -0.2) is 4.39 Å². The fourth-order valence-corrected chi connectivity index (χ4v) is 2.44. The third kappa shape index (κ3) is 3.97. The Morgan fingerprint density at radius 1 is 1.47 bits per heavy atom. The molecule has 0 radical (unpaired) electrons. The molecule has 0 saturated heterocycles. The van der Waals surface area contributed by atoms with E-state index in [-0.39, 0.29) is 10.8 Å². The largest absolute Gasteiger partial charge is 0.314 e. The fraction of sp³-hybridized carbons (Fsp3) is 0.571. The summed E-state index contributed by atoms with van der Waals surface area (Å²) < 4.78 is 13.1. The Morgan fingerprint density at radius 3 is 2.82 bits per heavy atom. The lowest BCUT2D eigenvalue weighted by Crippen LogP contribution is -2.31. The second-order valence-corrected chi connectivity index (χ2v) is 5.29. The normalized spacial score (nSPS) is 17.1. The van der Waals surface area contributed by atoms with Crippen molar-refractivity contribution in [3.63, 3.8) is 0 Å². The van der Waals surface area contributed by atoms with Crippen LogP contribution in [-0.4, -0.2) is 12.6 Å². The first-order valence-electron chi connectivity index (χ1n) is 6.36. The minimum Gasteiger partial charge on any atom is -0.314 e. The van der Waals surface area contributed by atoms with Crippen molar-refractivity contribution >= 4 is 11.6 Å². The number of halogens is 2. The molecule has 1 aliphatic carbocycles. The van der Waals surface area contributed by atoms with Crippen LogP contribution in [0.2, 0.25) is 5.02 Å². The van der Waals surface area contributed by atoms with E-state index >= 15 is 0 Å². The molecule has 0 spiro atoms. The van der Waals surface area contributed by atoms with E-state index in [0.29, 0.717) is 6.04 Å². The topological polar surface area (TPSA) is 12.0 Å². The van der Waals surface area contributed by atoms with E-state index in [1.807, 2.05) is 6.07 Å². The summed E-state index contributed by atoms with van der Waals surface area (Å²) in [5, 5.41) is 3.73. The molecule has 0 heterocycles. The van der Waals surface area contributed by atoms with Crippen LogP contribution in [0.3, 0.4) is 0 Å². The van der Waals surface area contributed by atoms with Crippen LogP contribution < -0.4 is 5.32 Å². The monoisotopic (exact) mass is 255 g/mol. The van der Waals surface area contributed by atoms with Gasteiger partial charge in [0.05, 0.1) is 5.02 Å². The van der Waals surface area contributed by atoms with Crippen LogP contribution >= 0.6 is 11.6 Å². The molecular formula is C14H19ClFN. The van der Waals surface area contributed by atoms with E-state index in [2.05, 4.69) is 12.2 Å². The molecule has 1 aromatic carbocycles. The van der Waals surface area contributed by atoms with Crippen molar-refractivity contribution in [3.8, 4) is 0 Å². The average Bonchev–Trinajstić information content (AvgIpc) is 3.08. The highest BCUT2D eigenvalue weighted by Crippen LogP contribution is 2.34. The van der Waals surface area contributed by atoms with Crippen LogP contribution in [-0.2, 0) is 6.42 Å². The Kier molecular flexibility index (Phi) is 4.41. The molecule has 3 heteroatoms. The lowest BCUT2D eigenvalue weighted by atomic mass is 10.0. The number of hydrogen-bond donors (Lipinski definition) is 1. The zero-order valence-electron chi connectivity index (χ0n) is 10.2. The summed E-state index contributed by atoms with van der Waals surface area (Å²) in [6.07, 6.45) is 4.89. The number of nitrogens with one attached hydrogen (secondary N) is 1. The van der Waals surface area contributed by atoms with Gasteiger partial charge < -0.3 is 5.32 Å². The average molecular weight is 256 g/mol. The molecule has 17 heavy (non-hydrogen) atoms. The van der Waals surface area contributed by atoms with Crippen LogP contribution in [0.1, 0.15) is 31.7 Å². The second kappa shape index (κ2) is 5.83. The van der Waals surface area contributed by atoms with Crippen LogP contribution in [0, 0.1) is 11.7 Å². The summed E-state index contributed by atoms with van der Waals surface area (Å²) in [4.78, 5) is 0. The van der Waals surface area contributed by atoms with E-state index in [0.717, 1.165) is 24.4 Å². The maximum Gasteiger partial charge on any atom is 0.141 e. The van der Waals surface area contributed by atoms with E-state index in [4.69, 9.17) is 11.6 Å². The Labute approximate surface area is 107 Å². The summed E-state index contributed by atoms with van der Waals surface area (Å²) in [6, 6.07) is 5.53. The van der Waals surface area contributed by atoms with Crippen molar-refractivity contribution in [1.29, 1.82) is 0 Å². The van der Waals surface area contributed by atoms with Gasteiger partial charge in [0.2, 0.25) is 0 Å². The van der Waals surface area contributed by atoms with Gasteiger partial charge in [0.15, 0.2) is 0 Å². The van der Waals surface area contributed by atoms with Crippen molar-refractivity contribution in [2.24, 2.45) is 5.92 Å². The zero-order chi connectivity index (χ0) is 12.3. The molecule has 0 aliphatic heterocycles. The predicted molar refractivity (Wildman–Crippen MR) is 69.9 cm³/mol. The third-order valence-electron chi connectivity index (χ3n) is 3.27. The number of rotatable bonds is 6. The number of hydrogen-bond acceptors (Lipinski definition) is 1. The first-order chi connectivity index (χ1) is 8.19. The standard InChI is InChI=1S/C14H19ClFN/c1-2-17-12(7-10-3-4-10)8-11-5-6-14(16)13(15)9-11/h5-6,9-10,12,17H,2-4,7-8H2,1H3. The molecule has 94 valence electrons. The van der Waals surface area contributed by atoms with Crippen molar-refractivity contribution in [2.75, 3.05) is 6.54 Å². The van der Waals surface area contributed by atoms with Crippen molar-refractivity contribution < 1.29 is 4.39 Å². The molecule has 0 bridgehead atoms. The Morgan fingerprint density at radius 2 is 2.24 bits per heavy atom. The Bertz CT molecular complexity index is 376. The molecule has 1 aromatic rings. The minimum atomic E-state index is -0.336. The van der Waals surface area contributed by atoms with E-state index in [1.165, 1.54) is 25.3 Å². The Hall–Kier alpha value is -0.600. The molecular weight excluding hydrogens is 237 g/mol. The van der Waals surface area contributed by atoms with Crippen LogP contribution in [0.25, 0.3) is 0 Å². The first-order valence-corrected chi connectivity index (χ1v) is 6.74. The molecule has 1 unspecified atom stereocenters. The number of benzene rings is 1. The summed E-state index contributed by atoms with van der Waals surface area (Å²) >= 11 is 5.80. The van der Waals surface area contributed by atoms with Gasteiger partial charge in [-0.2, -0.15) is 0 Å². The molecule has 1 saturated carbocycles. The quantitative estimate of drug-likeness (QED) is 0.815. The highest BCUT2D eigenvalue weighted by atomic mass is 35.5. The fourth-order valence-electron chi connectivity index (χ4n) is 2.23. The highest BCUT2D eigenvalue weighted by Gasteiger charge is 2.25. The summed E-state index contributed by atoms with van der Waals surface area (Å²) in [5.41, 5.74) is 1.11.